The third-order valence-corrected chi connectivity index (χ3v) is 7.09. The Morgan fingerprint density at radius 2 is 1.66 bits per heavy atom. The van der Waals surface area contributed by atoms with Crippen molar-refractivity contribution in [2.45, 2.75) is 70.6 Å². The number of carbonyl (C=O) groups is 1. The fourth-order valence-corrected chi connectivity index (χ4v) is 5.38. The smallest absolute Gasteiger partial charge is 0.335 e. The third-order valence-electron chi connectivity index (χ3n) is 7.09. The highest BCUT2D eigenvalue weighted by atomic mass is 16.5. The molecule has 4 heteroatoms. The van der Waals surface area contributed by atoms with Gasteiger partial charge >= 0.3 is 5.97 Å². The van der Waals surface area contributed by atoms with Gasteiger partial charge in [-0.1, -0.05) is 43.7 Å². The molecule has 0 amide bonds. The zero-order valence-electron chi connectivity index (χ0n) is 17.5. The highest BCUT2D eigenvalue weighted by Crippen LogP contribution is 2.59. The molecule has 2 aromatic rings. The van der Waals surface area contributed by atoms with Gasteiger partial charge < -0.3 is 4.74 Å². The molecular formula is C25H30N2O2. The number of esters is 1. The van der Waals surface area contributed by atoms with Crippen LogP contribution in [0, 0.1) is 5.41 Å². The van der Waals surface area contributed by atoms with Crippen LogP contribution in [0.4, 0.5) is 0 Å². The van der Waals surface area contributed by atoms with E-state index in [1.807, 2.05) is 0 Å². The lowest BCUT2D eigenvalue weighted by atomic mass is 9.51. The number of benzene rings is 1. The van der Waals surface area contributed by atoms with Crippen molar-refractivity contribution in [2.24, 2.45) is 5.41 Å². The number of rotatable bonds is 6. The average molecular weight is 391 g/mol. The van der Waals surface area contributed by atoms with E-state index in [1.165, 1.54) is 63.0 Å². The summed E-state index contributed by atoms with van der Waals surface area (Å²) in [6.07, 6.45) is 17.0. The van der Waals surface area contributed by atoms with Gasteiger partial charge in [0.25, 0.3) is 0 Å². The van der Waals surface area contributed by atoms with Crippen LogP contribution >= 0.6 is 0 Å². The second-order valence-electron chi connectivity index (χ2n) is 8.77. The minimum atomic E-state index is -0.421. The fourth-order valence-electron chi connectivity index (χ4n) is 5.38. The fraction of sp³-hybridized carbons (Fsp3) is 0.480. The van der Waals surface area contributed by atoms with Crippen LogP contribution in [0.1, 0.15) is 70.8 Å². The van der Waals surface area contributed by atoms with Crippen LogP contribution in [-0.2, 0) is 10.2 Å². The monoisotopic (exact) mass is 390 g/mol. The molecule has 3 saturated carbocycles. The quantitative estimate of drug-likeness (QED) is 0.447. The topological polar surface area (TPSA) is 52.1 Å². The molecule has 2 bridgehead atoms. The Morgan fingerprint density at radius 3 is 2.21 bits per heavy atom. The highest BCUT2D eigenvalue weighted by molar-refractivity contribution is 5.83. The molecule has 0 unspecified atom stereocenters. The Bertz CT molecular complexity index is 860. The second kappa shape index (κ2) is 8.10. The van der Waals surface area contributed by atoms with Crippen molar-refractivity contribution in [3.05, 3.63) is 54.4 Å². The molecule has 152 valence electrons. The van der Waals surface area contributed by atoms with Crippen LogP contribution in [0.2, 0.25) is 0 Å². The number of fused-ring (bicyclic) bond motifs is 3. The maximum atomic E-state index is 11.5. The minimum absolute atomic E-state index is 0.354. The SMILES string of the molecule is C/C=C/C(=O)Oc1cnc(-c2ccc(C34CCC(CCC)(CC3)CC4)cc2)nc1. The Balaban J connectivity index is 1.45. The first kappa shape index (κ1) is 19.8. The Labute approximate surface area is 173 Å². The van der Waals surface area contributed by atoms with E-state index in [4.69, 9.17) is 4.74 Å². The van der Waals surface area contributed by atoms with E-state index in [9.17, 15) is 4.79 Å². The predicted octanol–water partition coefficient (Wildman–Crippen LogP) is 6.02. The molecule has 0 spiro atoms. The summed E-state index contributed by atoms with van der Waals surface area (Å²) in [4.78, 5) is 20.2. The van der Waals surface area contributed by atoms with Gasteiger partial charge in [-0.2, -0.15) is 0 Å². The number of nitrogens with zero attached hydrogens (tertiary/aromatic N) is 2. The average Bonchev–Trinajstić information content (AvgIpc) is 2.76. The Morgan fingerprint density at radius 1 is 1.03 bits per heavy atom. The molecule has 3 fully saturated rings. The van der Waals surface area contributed by atoms with E-state index < -0.39 is 5.97 Å². The van der Waals surface area contributed by atoms with Gasteiger partial charge in [0.1, 0.15) is 0 Å². The largest absolute Gasteiger partial charge is 0.420 e. The molecule has 3 aliphatic rings. The molecule has 4 nitrogen and oxygen atoms in total. The Hall–Kier alpha value is -2.49. The normalized spacial score (nSPS) is 26.0. The number of aromatic nitrogens is 2. The molecule has 29 heavy (non-hydrogen) atoms. The summed E-state index contributed by atoms with van der Waals surface area (Å²) in [5.74, 6) is 0.580. The first-order chi connectivity index (χ1) is 14.1. The van der Waals surface area contributed by atoms with Crippen LogP contribution < -0.4 is 4.74 Å². The predicted molar refractivity (Wildman–Crippen MR) is 115 cm³/mol. The first-order valence-electron chi connectivity index (χ1n) is 10.9. The molecule has 0 radical (unpaired) electrons. The van der Waals surface area contributed by atoms with Gasteiger partial charge in [0.05, 0.1) is 12.4 Å². The molecule has 1 heterocycles. The molecule has 1 aromatic heterocycles. The van der Waals surface area contributed by atoms with Gasteiger partial charge in [0.2, 0.25) is 0 Å². The van der Waals surface area contributed by atoms with E-state index in [1.54, 1.807) is 25.4 Å². The molecule has 0 N–H and O–H groups in total. The number of carbonyl (C=O) groups excluding carboxylic acids is 1. The molecule has 5 rings (SSSR count). The van der Waals surface area contributed by atoms with Crippen molar-refractivity contribution in [1.29, 1.82) is 0 Å². The summed E-state index contributed by atoms with van der Waals surface area (Å²) in [6.45, 7) is 4.09. The van der Waals surface area contributed by atoms with Gasteiger partial charge in [-0.05, 0) is 68.3 Å². The van der Waals surface area contributed by atoms with Gasteiger partial charge in [-0.15, -0.1) is 0 Å². The van der Waals surface area contributed by atoms with Gasteiger partial charge in [0.15, 0.2) is 11.6 Å². The maximum absolute atomic E-state index is 11.5. The number of ether oxygens (including phenoxy) is 1. The maximum Gasteiger partial charge on any atom is 0.335 e. The molecule has 0 atom stereocenters. The third kappa shape index (κ3) is 3.98. The van der Waals surface area contributed by atoms with E-state index >= 15 is 0 Å². The van der Waals surface area contributed by atoms with Crippen LogP contribution in [0.25, 0.3) is 11.4 Å². The molecule has 0 aliphatic heterocycles. The first-order valence-corrected chi connectivity index (χ1v) is 10.9. The van der Waals surface area contributed by atoms with Crippen molar-refractivity contribution in [3.63, 3.8) is 0 Å². The highest BCUT2D eigenvalue weighted by Gasteiger charge is 2.48. The molecule has 3 aliphatic carbocycles. The summed E-state index contributed by atoms with van der Waals surface area (Å²) in [6, 6.07) is 8.81. The second-order valence-corrected chi connectivity index (χ2v) is 8.77. The van der Waals surface area contributed by atoms with Crippen molar-refractivity contribution < 1.29 is 9.53 Å². The Kier molecular flexibility index (Phi) is 5.53. The van der Waals surface area contributed by atoms with E-state index in [2.05, 4.69) is 41.2 Å². The summed E-state index contributed by atoms with van der Waals surface area (Å²) in [7, 11) is 0. The van der Waals surface area contributed by atoms with Crippen LogP contribution in [0.3, 0.4) is 0 Å². The lowest BCUT2D eigenvalue weighted by Crippen LogP contribution is -2.44. The molecule has 1 aromatic carbocycles. The zero-order chi connectivity index (χ0) is 20.3. The van der Waals surface area contributed by atoms with E-state index in [0.29, 0.717) is 22.4 Å². The lowest BCUT2D eigenvalue weighted by Gasteiger charge is -2.54. The number of hydrogen-bond acceptors (Lipinski definition) is 4. The standard InChI is InChI=1S/C25H30N2O2/c1-3-5-22(28)29-21-17-26-23(27-18-21)19-6-8-20(9-7-19)25-14-11-24(10-4-2,12-15-25)13-16-25/h3,5-9,17-18H,4,10-16H2,1-2H3/b5-3+. The van der Waals surface area contributed by atoms with E-state index in [-0.39, 0.29) is 0 Å². The van der Waals surface area contributed by atoms with Gasteiger partial charge in [0, 0.05) is 11.6 Å². The van der Waals surface area contributed by atoms with E-state index in [0.717, 1.165) is 5.56 Å². The molecule has 0 saturated heterocycles. The number of allylic oxidation sites excluding steroid dienone is 1. The van der Waals surface area contributed by atoms with Crippen molar-refractivity contribution in [2.75, 3.05) is 0 Å². The summed E-state index contributed by atoms with van der Waals surface area (Å²) < 4.78 is 5.15. The summed E-state index contributed by atoms with van der Waals surface area (Å²) in [5.41, 5.74) is 3.48. The van der Waals surface area contributed by atoms with Crippen molar-refractivity contribution in [3.8, 4) is 17.1 Å². The van der Waals surface area contributed by atoms with Gasteiger partial charge in [-0.3, -0.25) is 0 Å². The minimum Gasteiger partial charge on any atom is -0.420 e. The van der Waals surface area contributed by atoms with Gasteiger partial charge in [-0.25, -0.2) is 14.8 Å². The van der Waals surface area contributed by atoms with Crippen LogP contribution in [0.15, 0.2) is 48.8 Å². The summed E-state index contributed by atoms with van der Waals surface area (Å²) >= 11 is 0. The lowest BCUT2D eigenvalue weighted by molar-refractivity contribution is -0.129. The summed E-state index contributed by atoms with van der Waals surface area (Å²) in [5, 5.41) is 0. The number of hydrogen-bond donors (Lipinski definition) is 0. The van der Waals surface area contributed by atoms with Crippen LogP contribution in [0.5, 0.6) is 5.75 Å². The molecular weight excluding hydrogens is 360 g/mol. The van der Waals surface area contributed by atoms with Crippen LogP contribution in [-0.4, -0.2) is 15.9 Å². The van der Waals surface area contributed by atoms with Crippen molar-refractivity contribution in [1.82, 2.24) is 9.97 Å². The zero-order valence-corrected chi connectivity index (χ0v) is 17.5. The van der Waals surface area contributed by atoms with Crippen molar-refractivity contribution >= 4 is 5.97 Å².